The maximum Gasteiger partial charge on any atom is 0.0296 e. The van der Waals surface area contributed by atoms with Crippen LogP contribution in [0.25, 0.3) is 77.7 Å². The normalized spacial score (nSPS) is 13.2. The van der Waals surface area contributed by atoms with Gasteiger partial charge in [0, 0.05) is 5.41 Å². The highest BCUT2D eigenvalue weighted by atomic mass is 14.5. The van der Waals surface area contributed by atoms with Crippen molar-refractivity contribution in [3.8, 4) is 44.5 Å². The monoisotopic (exact) mass is 774 g/mol. The molecule has 0 bridgehead atoms. The van der Waals surface area contributed by atoms with Gasteiger partial charge in [-0.2, -0.15) is 0 Å². The van der Waals surface area contributed by atoms with Gasteiger partial charge in [-0.3, -0.25) is 0 Å². The molecule has 0 amide bonds. The largest absolute Gasteiger partial charge is 0.0622 e. The van der Waals surface area contributed by atoms with E-state index in [9.17, 15) is 0 Å². The number of fused-ring (bicyclic) bond motifs is 8. The summed E-state index contributed by atoms with van der Waals surface area (Å²) in [6.45, 7) is 0. The number of benzene rings is 10. The van der Waals surface area contributed by atoms with Crippen molar-refractivity contribution >= 4 is 33.2 Å². The Balaban J connectivity index is 0.929. The van der Waals surface area contributed by atoms with Gasteiger partial charge < -0.3 is 0 Å². The van der Waals surface area contributed by atoms with E-state index in [-0.39, 0.29) is 5.41 Å². The van der Waals surface area contributed by atoms with Crippen molar-refractivity contribution in [2.24, 2.45) is 0 Å². The maximum atomic E-state index is 2.50. The molecule has 0 fully saturated rings. The third-order valence-electron chi connectivity index (χ3n) is 13.5. The van der Waals surface area contributed by atoms with Gasteiger partial charge in [-0.15, -0.1) is 0 Å². The van der Waals surface area contributed by atoms with Crippen molar-refractivity contribution in [3.63, 3.8) is 0 Å². The zero-order chi connectivity index (χ0) is 40.3. The molecule has 12 rings (SSSR count). The first-order valence-electron chi connectivity index (χ1n) is 21.5. The fraction of sp³-hybridized carbons (Fsp3) is 0.0492. The summed E-state index contributed by atoms with van der Waals surface area (Å²) >= 11 is 0. The van der Waals surface area contributed by atoms with Crippen molar-refractivity contribution in [1.29, 1.82) is 0 Å². The van der Waals surface area contributed by atoms with Gasteiger partial charge in [0.1, 0.15) is 0 Å². The van der Waals surface area contributed by atoms with Crippen molar-refractivity contribution in [3.05, 3.63) is 263 Å². The summed E-state index contributed by atoms with van der Waals surface area (Å²) < 4.78 is 0. The molecule has 0 saturated heterocycles. The van der Waals surface area contributed by atoms with E-state index in [0.29, 0.717) is 0 Å². The molecule has 0 N–H and O–H groups in total. The zero-order valence-corrected chi connectivity index (χ0v) is 33.9. The predicted octanol–water partition coefficient (Wildman–Crippen LogP) is 15.6. The van der Waals surface area contributed by atoms with Gasteiger partial charge in [0.15, 0.2) is 0 Å². The molecular formula is C61H42. The van der Waals surface area contributed by atoms with Crippen LogP contribution in [0.5, 0.6) is 0 Å². The Hall–Kier alpha value is -7.54. The van der Waals surface area contributed by atoms with E-state index in [1.807, 2.05) is 0 Å². The lowest BCUT2D eigenvalue weighted by atomic mass is 9.75. The van der Waals surface area contributed by atoms with E-state index >= 15 is 0 Å². The Morgan fingerprint density at radius 2 is 0.770 bits per heavy atom. The molecule has 0 saturated carbocycles. The molecule has 0 radical (unpaired) electrons. The molecule has 2 aliphatic rings. The average Bonchev–Trinajstić information content (AvgIpc) is 3.86. The molecule has 0 heterocycles. The van der Waals surface area contributed by atoms with Crippen molar-refractivity contribution in [2.45, 2.75) is 18.3 Å². The van der Waals surface area contributed by atoms with Crippen LogP contribution in [0.15, 0.2) is 224 Å². The standard InChI is InChI=1S/C61H42/c1-3-15-43(16-4-1)56(44-17-5-2-6-18-44)37-41-27-29-45(30-28-41)59-52-22-9-11-24-54(52)60(55-25-12-10-23-53(55)59)46-33-31-42(32-34-46)47-35-36-51-50-21-13-14-26-57(50)61(58(51)38-47)39-48-19-7-8-20-49(48)40-61/h1-38H,39-40H2. The van der Waals surface area contributed by atoms with Gasteiger partial charge in [0.25, 0.3) is 0 Å². The summed E-state index contributed by atoms with van der Waals surface area (Å²) in [5.41, 5.74) is 21.0. The third kappa shape index (κ3) is 5.82. The Morgan fingerprint density at radius 1 is 0.344 bits per heavy atom. The van der Waals surface area contributed by atoms with Crippen LogP contribution in [0.2, 0.25) is 0 Å². The zero-order valence-electron chi connectivity index (χ0n) is 33.9. The lowest BCUT2D eigenvalue weighted by Gasteiger charge is -2.27. The van der Waals surface area contributed by atoms with Crippen LogP contribution in [0, 0.1) is 0 Å². The second-order valence-corrected chi connectivity index (χ2v) is 16.8. The topological polar surface area (TPSA) is 0 Å². The minimum Gasteiger partial charge on any atom is -0.0622 e. The summed E-state index contributed by atoms with van der Waals surface area (Å²) in [6.07, 6.45) is 4.41. The Labute approximate surface area is 357 Å². The Bertz CT molecular complexity index is 3190. The first-order chi connectivity index (χ1) is 30.2. The molecular weight excluding hydrogens is 733 g/mol. The van der Waals surface area contributed by atoms with Crippen molar-refractivity contribution in [1.82, 2.24) is 0 Å². The third-order valence-corrected chi connectivity index (χ3v) is 13.5. The minimum atomic E-state index is -0.0184. The van der Waals surface area contributed by atoms with E-state index in [2.05, 4.69) is 231 Å². The van der Waals surface area contributed by atoms with Crippen LogP contribution in [0.4, 0.5) is 0 Å². The smallest absolute Gasteiger partial charge is 0.0296 e. The molecule has 61 heavy (non-hydrogen) atoms. The molecule has 286 valence electrons. The molecule has 10 aromatic rings. The Morgan fingerprint density at radius 3 is 1.33 bits per heavy atom. The summed E-state index contributed by atoms with van der Waals surface area (Å²) in [4.78, 5) is 0. The lowest BCUT2D eigenvalue weighted by Crippen LogP contribution is -2.25. The summed E-state index contributed by atoms with van der Waals surface area (Å²) in [6, 6.07) is 83.1. The second-order valence-electron chi connectivity index (χ2n) is 16.8. The van der Waals surface area contributed by atoms with Crippen LogP contribution in [-0.4, -0.2) is 0 Å². The molecule has 0 unspecified atom stereocenters. The van der Waals surface area contributed by atoms with Crippen LogP contribution in [0.1, 0.15) is 38.9 Å². The van der Waals surface area contributed by atoms with Crippen LogP contribution >= 0.6 is 0 Å². The first-order valence-corrected chi connectivity index (χ1v) is 21.5. The van der Waals surface area contributed by atoms with E-state index in [4.69, 9.17) is 0 Å². The molecule has 10 aromatic carbocycles. The van der Waals surface area contributed by atoms with E-state index in [1.54, 1.807) is 0 Å². The van der Waals surface area contributed by atoms with Crippen LogP contribution in [0.3, 0.4) is 0 Å². The second kappa shape index (κ2) is 14.3. The summed E-state index contributed by atoms with van der Waals surface area (Å²) in [5, 5.41) is 5.06. The highest BCUT2D eigenvalue weighted by molar-refractivity contribution is 6.21. The molecule has 0 heteroatoms. The highest BCUT2D eigenvalue weighted by Gasteiger charge is 2.47. The van der Waals surface area contributed by atoms with Gasteiger partial charge in [-0.1, -0.05) is 218 Å². The van der Waals surface area contributed by atoms with Gasteiger partial charge in [0.05, 0.1) is 0 Å². The van der Waals surface area contributed by atoms with Crippen LogP contribution < -0.4 is 0 Å². The molecule has 2 aliphatic carbocycles. The molecule has 0 nitrogen and oxygen atoms in total. The van der Waals surface area contributed by atoms with Gasteiger partial charge in [-0.25, -0.2) is 0 Å². The SMILES string of the molecule is C(=C(c1ccccc1)c1ccccc1)c1ccc(-c2c3ccccc3c(-c3ccc(-c4ccc5c(c4)C4(Cc6ccccc6C4)c4ccccc4-5)cc3)c3ccccc23)cc1. The maximum absolute atomic E-state index is 2.50. The molecule has 0 aliphatic heterocycles. The fourth-order valence-corrected chi connectivity index (χ4v) is 10.7. The lowest BCUT2D eigenvalue weighted by molar-refractivity contribution is 0.564. The number of rotatable bonds is 6. The summed E-state index contributed by atoms with van der Waals surface area (Å²) in [7, 11) is 0. The van der Waals surface area contributed by atoms with Crippen LogP contribution in [-0.2, 0) is 18.3 Å². The van der Waals surface area contributed by atoms with Crippen molar-refractivity contribution in [2.75, 3.05) is 0 Å². The predicted molar refractivity (Wildman–Crippen MR) is 258 cm³/mol. The van der Waals surface area contributed by atoms with Crippen molar-refractivity contribution < 1.29 is 0 Å². The Kier molecular flexibility index (Phi) is 8.32. The minimum absolute atomic E-state index is 0.0184. The van der Waals surface area contributed by atoms with E-state index < -0.39 is 0 Å². The fourth-order valence-electron chi connectivity index (χ4n) is 10.7. The number of hydrogen-bond acceptors (Lipinski definition) is 0. The van der Waals surface area contributed by atoms with Gasteiger partial charge >= 0.3 is 0 Å². The number of hydrogen-bond donors (Lipinski definition) is 0. The van der Waals surface area contributed by atoms with E-state index in [0.717, 1.165) is 12.8 Å². The van der Waals surface area contributed by atoms with Gasteiger partial charge in [0.2, 0.25) is 0 Å². The highest BCUT2D eigenvalue weighted by Crippen LogP contribution is 2.56. The van der Waals surface area contributed by atoms with Gasteiger partial charge in [-0.05, 0) is 136 Å². The molecule has 0 aromatic heterocycles. The molecule has 0 atom stereocenters. The summed E-state index contributed by atoms with van der Waals surface area (Å²) in [5.74, 6) is 0. The first kappa shape index (κ1) is 35.4. The average molecular weight is 775 g/mol. The quantitative estimate of drug-likeness (QED) is 0.117. The van der Waals surface area contributed by atoms with E-state index in [1.165, 1.54) is 111 Å². The molecule has 1 spiro atoms.